The lowest BCUT2D eigenvalue weighted by Gasteiger charge is -2.32. The molecule has 2 amide bonds. The highest BCUT2D eigenvalue weighted by molar-refractivity contribution is 5.92. The van der Waals surface area contributed by atoms with E-state index in [1.54, 1.807) is 11.9 Å². The van der Waals surface area contributed by atoms with Crippen molar-refractivity contribution in [2.75, 3.05) is 18.4 Å². The third-order valence-electron chi connectivity index (χ3n) is 4.60. The summed E-state index contributed by atoms with van der Waals surface area (Å²) in [4.78, 5) is 42.7. The van der Waals surface area contributed by atoms with E-state index >= 15 is 0 Å². The first-order chi connectivity index (χ1) is 12.5. The molecule has 1 aliphatic heterocycles. The lowest BCUT2D eigenvalue weighted by atomic mass is 9.96. The second-order valence-electron chi connectivity index (χ2n) is 6.52. The molecular formula is C19H22N4O3. The minimum atomic E-state index is -0.353. The van der Waals surface area contributed by atoms with E-state index < -0.39 is 0 Å². The van der Waals surface area contributed by atoms with Crippen molar-refractivity contribution in [2.24, 2.45) is 13.0 Å². The van der Waals surface area contributed by atoms with Crippen molar-refractivity contribution < 1.29 is 9.59 Å². The van der Waals surface area contributed by atoms with Crippen LogP contribution in [0.1, 0.15) is 18.4 Å². The summed E-state index contributed by atoms with van der Waals surface area (Å²) in [5, 5.41) is 2.61. The van der Waals surface area contributed by atoms with E-state index in [1.165, 1.54) is 17.0 Å². The average molecular weight is 354 g/mol. The number of nitrogens with zero attached hydrogens (tertiary/aromatic N) is 3. The first-order valence-corrected chi connectivity index (χ1v) is 8.69. The van der Waals surface area contributed by atoms with Gasteiger partial charge in [0.05, 0.1) is 12.3 Å². The average Bonchev–Trinajstić information content (AvgIpc) is 2.66. The molecule has 0 radical (unpaired) electrons. The molecule has 2 heterocycles. The summed E-state index contributed by atoms with van der Waals surface area (Å²) in [6.45, 7) is 1.02. The zero-order valence-electron chi connectivity index (χ0n) is 14.7. The molecule has 3 rings (SSSR count). The largest absolute Gasteiger partial charge is 0.342 e. The molecule has 1 saturated heterocycles. The molecular weight excluding hydrogens is 332 g/mol. The number of amides is 2. The smallest absolute Gasteiger partial charge is 0.293 e. The van der Waals surface area contributed by atoms with E-state index in [4.69, 9.17) is 0 Å². The van der Waals surface area contributed by atoms with Crippen molar-refractivity contribution in [1.82, 2.24) is 14.5 Å². The number of hydrogen-bond acceptors (Lipinski definition) is 4. The van der Waals surface area contributed by atoms with E-state index in [0.29, 0.717) is 25.9 Å². The Balaban J connectivity index is 1.62. The molecule has 0 spiro atoms. The zero-order valence-corrected chi connectivity index (χ0v) is 14.7. The summed E-state index contributed by atoms with van der Waals surface area (Å²) in [5.74, 6) is -0.566. The van der Waals surface area contributed by atoms with E-state index in [2.05, 4.69) is 10.3 Å². The molecule has 1 fully saturated rings. The third kappa shape index (κ3) is 4.17. The van der Waals surface area contributed by atoms with Crippen molar-refractivity contribution >= 4 is 17.6 Å². The van der Waals surface area contributed by atoms with Crippen LogP contribution in [-0.2, 0) is 23.1 Å². The van der Waals surface area contributed by atoms with Gasteiger partial charge in [0.25, 0.3) is 5.56 Å². The zero-order chi connectivity index (χ0) is 18.5. The Kier molecular flexibility index (Phi) is 5.46. The van der Waals surface area contributed by atoms with Crippen LogP contribution >= 0.6 is 0 Å². The molecule has 1 aromatic heterocycles. The lowest BCUT2D eigenvalue weighted by molar-refractivity contribution is -0.133. The van der Waals surface area contributed by atoms with Crippen molar-refractivity contribution in [1.29, 1.82) is 0 Å². The van der Waals surface area contributed by atoms with Gasteiger partial charge in [-0.2, -0.15) is 0 Å². The molecule has 1 aliphatic rings. The predicted molar refractivity (Wildman–Crippen MR) is 97.6 cm³/mol. The number of anilines is 1. The summed E-state index contributed by atoms with van der Waals surface area (Å²) < 4.78 is 1.36. The molecule has 1 aromatic carbocycles. The van der Waals surface area contributed by atoms with Crippen LogP contribution in [0.25, 0.3) is 0 Å². The maximum atomic E-state index is 12.5. The molecule has 2 aromatic rings. The highest BCUT2D eigenvalue weighted by Crippen LogP contribution is 2.19. The van der Waals surface area contributed by atoms with Gasteiger partial charge in [0, 0.05) is 32.5 Å². The topological polar surface area (TPSA) is 84.3 Å². The fraction of sp³-hybridized carbons (Fsp3) is 0.368. The highest BCUT2D eigenvalue weighted by Gasteiger charge is 2.29. The van der Waals surface area contributed by atoms with E-state index in [1.807, 2.05) is 30.3 Å². The molecule has 1 N–H and O–H groups in total. The molecule has 0 aliphatic carbocycles. The maximum absolute atomic E-state index is 12.5. The van der Waals surface area contributed by atoms with Crippen LogP contribution in [-0.4, -0.2) is 39.4 Å². The number of carbonyl (C=O) groups excluding carboxylic acids is 2. The van der Waals surface area contributed by atoms with Crippen molar-refractivity contribution in [3.63, 3.8) is 0 Å². The predicted octanol–water partition coefficient (Wildman–Crippen LogP) is 1.20. The van der Waals surface area contributed by atoms with Gasteiger partial charge in [0.2, 0.25) is 11.8 Å². The molecule has 0 unspecified atom stereocenters. The van der Waals surface area contributed by atoms with Crippen molar-refractivity contribution in [2.45, 2.75) is 19.3 Å². The summed E-state index contributed by atoms with van der Waals surface area (Å²) in [6.07, 6.45) is 4.78. The Morgan fingerprint density at radius 1 is 1.27 bits per heavy atom. The van der Waals surface area contributed by atoms with E-state index in [0.717, 1.165) is 12.0 Å². The Hall–Kier alpha value is -2.96. The van der Waals surface area contributed by atoms with Crippen LogP contribution in [0.2, 0.25) is 0 Å². The second-order valence-corrected chi connectivity index (χ2v) is 6.52. The van der Waals surface area contributed by atoms with Gasteiger partial charge >= 0.3 is 0 Å². The van der Waals surface area contributed by atoms with E-state index in [9.17, 15) is 14.4 Å². The third-order valence-corrected chi connectivity index (χ3v) is 4.60. The van der Waals surface area contributed by atoms with Crippen LogP contribution < -0.4 is 10.9 Å². The Labute approximate surface area is 151 Å². The minimum Gasteiger partial charge on any atom is -0.342 e. The van der Waals surface area contributed by atoms with Gasteiger partial charge in [-0.1, -0.05) is 30.3 Å². The first-order valence-electron chi connectivity index (χ1n) is 8.69. The Morgan fingerprint density at radius 3 is 2.81 bits per heavy atom. The molecule has 7 heteroatoms. The SMILES string of the molecule is Cn1ccnc(NC(=O)[C@@H]2CCCN(C(=O)Cc3ccccc3)C2)c1=O. The number of aryl methyl sites for hydroxylation is 1. The summed E-state index contributed by atoms with van der Waals surface area (Å²) in [5.41, 5.74) is 0.606. The van der Waals surface area contributed by atoms with Crippen LogP contribution in [0, 0.1) is 5.92 Å². The number of piperidine rings is 1. The van der Waals surface area contributed by atoms with Crippen molar-refractivity contribution in [3.8, 4) is 0 Å². The number of likely N-dealkylation sites (tertiary alicyclic amines) is 1. The minimum absolute atomic E-state index is 0.0162. The fourth-order valence-corrected chi connectivity index (χ4v) is 3.10. The lowest BCUT2D eigenvalue weighted by Crippen LogP contribution is -2.44. The highest BCUT2D eigenvalue weighted by atomic mass is 16.2. The normalized spacial score (nSPS) is 17.0. The van der Waals surface area contributed by atoms with Gasteiger partial charge < -0.3 is 14.8 Å². The summed E-state index contributed by atoms with van der Waals surface area (Å²) in [6, 6.07) is 9.56. The first kappa shape index (κ1) is 17.8. The molecule has 26 heavy (non-hydrogen) atoms. The standard InChI is InChI=1S/C19H22N4O3/c1-22-11-9-20-17(19(22)26)21-18(25)15-8-5-10-23(13-15)16(24)12-14-6-3-2-4-7-14/h2-4,6-7,9,11,15H,5,8,10,12-13H2,1H3,(H,20,21,25)/t15-/m1/s1. The number of benzene rings is 1. The van der Waals surface area contributed by atoms with Crippen molar-refractivity contribution in [3.05, 3.63) is 58.6 Å². The number of nitrogens with one attached hydrogen (secondary N) is 1. The van der Waals surface area contributed by atoms with Gasteiger partial charge in [0.1, 0.15) is 0 Å². The van der Waals surface area contributed by atoms with Gasteiger partial charge in [-0.05, 0) is 18.4 Å². The van der Waals surface area contributed by atoms with Gasteiger partial charge in [-0.3, -0.25) is 14.4 Å². The quantitative estimate of drug-likeness (QED) is 0.894. The second kappa shape index (κ2) is 7.95. The fourth-order valence-electron chi connectivity index (χ4n) is 3.10. The maximum Gasteiger partial charge on any atom is 0.293 e. The van der Waals surface area contributed by atoms with Gasteiger partial charge in [-0.15, -0.1) is 0 Å². The number of carbonyl (C=O) groups is 2. The van der Waals surface area contributed by atoms with Gasteiger partial charge in [0.15, 0.2) is 5.82 Å². The Bertz CT molecular complexity index is 847. The van der Waals surface area contributed by atoms with Crippen LogP contribution in [0.5, 0.6) is 0 Å². The van der Waals surface area contributed by atoms with Crippen LogP contribution in [0.4, 0.5) is 5.82 Å². The summed E-state index contributed by atoms with van der Waals surface area (Å²) >= 11 is 0. The van der Waals surface area contributed by atoms with E-state index in [-0.39, 0.29) is 29.1 Å². The number of aromatic nitrogens is 2. The molecule has 7 nitrogen and oxygen atoms in total. The van der Waals surface area contributed by atoms with Crippen LogP contribution in [0.3, 0.4) is 0 Å². The van der Waals surface area contributed by atoms with Gasteiger partial charge in [-0.25, -0.2) is 4.98 Å². The Morgan fingerprint density at radius 2 is 2.04 bits per heavy atom. The molecule has 136 valence electrons. The number of rotatable bonds is 4. The monoisotopic (exact) mass is 354 g/mol. The summed E-state index contributed by atoms with van der Waals surface area (Å²) in [7, 11) is 1.60. The number of hydrogen-bond donors (Lipinski definition) is 1. The van der Waals surface area contributed by atoms with Crippen LogP contribution in [0.15, 0.2) is 47.5 Å². The molecule has 0 saturated carbocycles. The molecule has 1 atom stereocenters. The molecule has 0 bridgehead atoms.